The minimum atomic E-state index is 0.104. The molecule has 0 amide bonds. The fraction of sp³-hybridized carbons (Fsp3) is 0.294. The smallest absolute Gasteiger partial charge is 0.124 e. The van der Waals surface area contributed by atoms with Gasteiger partial charge in [0.2, 0.25) is 0 Å². The van der Waals surface area contributed by atoms with Crippen molar-refractivity contribution >= 4 is 27.7 Å². The summed E-state index contributed by atoms with van der Waals surface area (Å²) in [4.78, 5) is 1.28. The van der Waals surface area contributed by atoms with Gasteiger partial charge in [-0.1, -0.05) is 34.1 Å². The summed E-state index contributed by atoms with van der Waals surface area (Å²) in [5, 5.41) is 3.42. The molecular weight excluding hydrogens is 346 g/mol. The number of halogens is 1. The van der Waals surface area contributed by atoms with Crippen LogP contribution >= 0.6 is 27.7 Å². The summed E-state index contributed by atoms with van der Waals surface area (Å²) in [7, 11) is 1.98. The topological polar surface area (TPSA) is 21.3 Å². The molecule has 1 unspecified atom stereocenters. The molecule has 1 N–H and O–H groups in total. The van der Waals surface area contributed by atoms with Gasteiger partial charge in [0.1, 0.15) is 5.75 Å². The van der Waals surface area contributed by atoms with Gasteiger partial charge in [0.25, 0.3) is 0 Å². The average Bonchev–Trinajstić information content (AvgIpc) is 2.51. The van der Waals surface area contributed by atoms with Gasteiger partial charge in [0.05, 0.1) is 12.6 Å². The molecule has 0 spiro atoms. The molecule has 0 bridgehead atoms. The molecular formula is C17H20BrNOS. The number of ether oxygens (including phenoxy) is 1. The van der Waals surface area contributed by atoms with E-state index in [-0.39, 0.29) is 6.04 Å². The molecule has 0 saturated carbocycles. The third kappa shape index (κ3) is 3.82. The summed E-state index contributed by atoms with van der Waals surface area (Å²) in [5.74, 6) is 0.927. The van der Waals surface area contributed by atoms with E-state index in [1.54, 1.807) is 11.8 Å². The lowest BCUT2D eigenvalue weighted by Gasteiger charge is -2.22. The summed E-state index contributed by atoms with van der Waals surface area (Å²) >= 11 is 5.33. The van der Waals surface area contributed by atoms with Crippen LogP contribution in [0.15, 0.2) is 51.8 Å². The molecule has 2 nitrogen and oxygen atoms in total. The number of benzene rings is 2. The van der Waals surface area contributed by atoms with E-state index in [0.717, 1.165) is 15.8 Å². The highest BCUT2D eigenvalue weighted by atomic mass is 79.9. The Kier molecular flexibility index (Phi) is 6.15. The Morgan fingerprint density at radius 3 is 2.62 bits per heavy atom. The fourth-order valence-corrected chi connectivity index (χ4v) is 3.43. The van der Waals surface area contributed by atoms with Crippen LogP contribution in [0.5, 0.6) is 5.75 Å². The second-order valence-corrected chi connectivity index (χ2v) is 6.34. The average molecular weight is 366 g/mol. The van der Waals surface area contributed by atoms with Crippen molar-refractivity contribution in [2.45, 2.75) is 17.9 Å². The van der Waals surface area contributed by atoms with Gasteiger partial charge in [-0.3, -0.25) is 0 Å². The number of rotatable bonds is 6. The van der Waals surface area contributed by atoms with Gasteiger partial charge in [-0.05, 0) is 50.1 Å². The molecule has 0 heterocycles. The predicted molar refractivity (Wildman–Crippen MR) is 94.4 cm³/mol. The summed E-state index contributed by atoms with van der Waals surface area (Å²) < 4.78 is 6.86. The molecule has 112 valence electrons. The third-order valence-corrected chi connectivity index (χ3v) is 4.63. The molecule has 0 aromatic heterocycles. The van der Waals surface area contributed by atoms with E-state index in [1.807, 2.05) is 26.1 Å². The van der Waals surface area contributed by atoms with Crippen molar-refractivity contribution in [1.82, 2.24) is 5.32 Å². The van der Waals surface area contributed by atoms with Crippen molar-refractivity contribution in [1.29, 1.82) is 0 Å². The van der Waals surface area contributed by atoms with E-state index in [0.29, 0.717) is 6.61 Å². The number of hydrogen-bond donors (Lipinski definition) is 1. The molecule has 2 aromatic carbocycles. The fourth-order valence-electron chi connectivity index (χ4n) is 2.42. The Bertz CT molecular complexity index is 603. The Labute approximate surface area is 139 Å². The molecule has 1 atom stereocenters. The zero-order valence-corrected chi connectivity index (χ0v) is 14.9. The molecule has 0 fully saturated rings. The Morgan fingerprint density at radius 2 is 1.95 bits per heavy atom. The molecule has 0 saturated heterocycles. The van der Waals surface area contributed by atoms with Crippen LogP contribution in [-0.2, 0) is 0 Å². The molecule has 2 rings (SSSR count). The van der Waals surface area contributed by atoms with Gasteiger partial charge < -0.3 is 10.1 Å². The first kappa shape index (κ1) is 16.4. The second-order valence-electron chi connectivity index (χ2n) is 4.58. The van der Waals surface area contributed by atoms with Crippen molar-refractivity contribution in [2.75, 3.05) is 19.9 Å². The molecule has 21 heavy (non-hydrogen) atoms. The van der Waals surface area contributed by atoms with Gasteiger partial charge in [-0.25, -0.2) is 0 Å². The van der Waals surface area contributed by atoms with Crippen LogP contribution in [0.4, 0.5) is 0 Å². The van der Waals surface area contributed by atoms with E-state index in [4.69, 9.17) is 4.74 Å². The summed E-state index contributed by atoms with van der Waals surface area (Å²) in [6.07, 6.45) is 2.11. The van der Waals surface area contributed by atoms with Crippen molar-refractivity contribution in [2.24, 2.45) is 0 Å². The Balaban J connectivity index is 2.53. The first-order chi connectivity index (χ1) is 10.2. The highest BCUT2D eigenvalue weighted by Gasteiger charge is 2.19. The predicted octanol–water partition coefficient (Wildman–Crippen LogP) is 4.88. The van der Waals surface area contributed by atoms with E-state index in [9.17, 15) is 0 Å². The Morgan fingerprint density at radius 1 is 1.19 bits per heavy atom. The van der Waals surface area contributed by atoms with Crippen LogP contribution in [-0.4, -0.2) is 19.9 Å². The highest BCUT2D eigenvalue weighted by molar-refractivity contribution is 9.10. The summed E-state index contributed by atoms with van der Waals surface area (Å²) in [6.45, 7) is 2.67. The van der Waals surface area contributed by atoms with Crippen molar-refractivity contribution in [3.8, 4) is 5.75 Å². The van der Waals surface area contributed by atoms with Crippen LogP contribution in [0.25, 0.3) is 0 Å². The van der Waals surface area contributed by atoms with Crippen molar-refractivity contribution < 1.29 is 4.74 Å². The quantitative estimate of drug-likeness (QED) is 0.737. The highest BCUT2D eigenvalue weighted by Crippen LogP contribution is 2.36. The lowest BCUT2D eigenvalue weighted by atomic mass is 9.98. The molecule has 0 aliphatic heterocycles. The van der Waals surface area contributed by atoms with Crippen LogP contribution in [0.3, 0.4) is 0 Å². The van der Waals surface area contributed by atoms with E-state index in [1.165, 1.54) is 10.5 Å². The monoisotopic (exact) mass is 365 g/mol. The maximum atomic E-state index is 5.80. The summed E-state index contributed by atoms with van der Waals surface area (Å²) in [5.41, 5.74) is 2.42. The van der Waals surface area contributed by atoms with Gasteiger partial charge >= 0.3 is 0 Å². The summed E-state index contributed by atoms with van der Waals surface area (Å²) in [6, 6.07) is 14.8. The second kappa shape index (κ2) is 7.87. The SMILES string of the molecule is CCOc1ccc(Br)cc1C(NC)c1ccccc1SC. The van der Waals surface area contributed by atoms with Crippen LogP contribution < -0.4 is 10.1 Å². The first-order valence-electron chi connectivity index (χ1n) is 6.93. The minimum Gasteiger partial charge on any atom is -0.494 e. The minimum absolute atomic E-state index is 0.104. The van der Waals surface area contributed by atoms with Gasteiger partial charge in [0, 0.05) is 14.9 Å². The van der Waals surface area contributed by atoms with Crippen LogP contribution in [0, 0.1) is 0 Å². The first-order valence-corrected chi connectivity index (χ1v) is 8.95. The third-order valence-electron chi connectivity index (χ3n) is 3.32. The maximum absolute atomic E-state index is 5.80. The molecule has 2 aromatic rings. The van der Waals surface area contributed by atoms with Gasteiger partial charge in [-0.15, -0.1) is 11.8 Å². The molecule has 0 radical (unpaired) electrons. The number of thioether (sulfide) groups is 1. The van der Waals surface area contributed by atoms with Gasteiger partial charge in [-0.2, -0.15) is 0 Å². The van der Waals surface area contributed by atoms with E-state index >= 15 is 0 Å². The van der Waals surface area contributed by atoms with E-state index in [2.05, 4.69) is 57.8 Å². The zero-order chi connectivity index (χ0) is 15.2. The van der Waals surface area contributed by atoms with Crippen molar-refractivity contribution in [3.63, 3.8) is 0 Å². The van der Waals surface area contributed by atoms with Gasteiger partial charge in [0.15, 0.2) is 0 Å². The largest absolute Gasteiger partial charge is 0.494 e. The zero-order valence-electron chi connectivity index (χ0n) is 12.5. The molecule has 0 aliphatic rings. The van der Waals surface area contributed by atoms with E-state index < -0.39 is 0 Å². The Hall–Kier alpha value is -0.970. The standard InChI is InChI=1S/C17H20BrNOS/c1-4-20-15-10-9-12(18)11-14(15)17(19-2)13-7-5-6-8-16(13)21-3/h5-11,17,19H,4H2,1-3H3. The maximum Gasteiger partial charge on any atom is 0.124 e. The number of hydrogen-bond acceptors (Lipinski definition) is 3. The lowest BCUT2D eigenvalue weighted by molar-refractivity contribution is 0.334. The lowest BCUT2D eigenvalue weighted by Crippen LogP contribution is -2.19. The van der Waals surface area contributed by atoms with Crippen LogP contribution in [0.2, 0.25) is 0 Å². The number of nitrogens with one attached hydrogen (secondary N) is 1. The molecule has 0 aliphatic carbocycles. The van der Waals surface area contributed by atoms with Crippen molar-refractivity contribution in [3.05, 3.63) is 58.1 Å². The normalized spacial score (nSPS) is 12.2. The molecule has 4 heteroatoms. The van der Waals surface area contributed by atoms with Crippen LogP contribution in [0.1, 0.15) is 24.1 Å².